The van der Waals surface area contributed by atoms with E-state index in [2.05, 4.69) is 4.74 Å². The number of carbonyl (C=O) groups excluding carboxylic acids is 1. The van der Waals surface area contributed by atoms with Crippen LogP contribution in [0.4, 0.5) is 4.48 Å². The van der Waals surface area contributed by atoms with Crippen LogP contribution in [0.2, 0.25) is 0 Å². The Morgan fingerprint density at radius 1 is 1.30 bits per heavy atom. The Bertz CT molecular complexity index is 403. The summed E-state index contributed by atoms with van der Waals surface area (Å²) in [7, 11) is 3.25. The van der Waals surface area contributed by atoms with E-state index in [-0.39, 0.29) is 0 Å². The molecule has 3 nitrogen and oxygen atoms in total. The molecule has 0 saturated carbocycles. The summed E-state index contributed by atoms with van der Waals surface area (Å²) in [6.07, 6.45) is 2.74. The second-order valence-corrected chi connectivity index (χ2v) is 5.28. The van der Waals surface area contributed by atoms with Gasteiger partial charge in [0.05, 0.1) is 0 Å². The van der Waals surface area contributed by atoms with E-state index in [1.807, 2.05) is 12.1 Å². The molecule has 0 spiro atoms. The Balaban J connectivity index is 0.000000612. The number of ether oxygens (including phenoxy) is 1. The minimum atomic E-state index is -0.428. The summed E-state index contributed by atoms with van der Waals surface area (Å²) < 4.78 is 17.1. The van der Waals surface area contributed by atoms with Crippen molar-refractivity contribution in [2.24, 2.45) is 5.92 Å². The van der Waals surface area contributed by atoms with Gasteiger partial charge < -0.3 is 4.74 Å². The fraction of sp³-hybridized carbons (Fsp3) is 0.533. The van der Waals surface area contributed by atoms with E-state index in [9.17, 15) is 9.28 Å². The van der Waals surface area contributed by atoms with E-state index in [1.54, 1.807) is 26.4 Å². The maximum absolute atomic E-state index is 12.8. The maximum Gasteiger partial charge on any atom is 0.252 e. The normalized spacial score (nSPS) is 16.4. The van der Waals surface area contributed by atoms with Crippen molar-refractivity contribution >= 4 is 16.8 Å². The summed E-state index contributed by atoms with van der Waals surface area (Å²) in [5, 5.41) is 0.452. The Morgan fingerprint density at radius 2 is 1.80 bits per heavy atom. The molecule has 0 amide bonds. The van der Waals surface area contributed by atoms with Crippen LogP contribution in [-0.2, 0) is 11.2 Å². The lowest BCUT2D eigenvalue weighted by atomic mass is 9.91. The van der Waals surface area contributed by atoms with E-state index in [0.29, 0.717) is 24.6 Å². The molecule has 0 aromatic heterocycles. The zero-order valence-electron chi connectivity index (χ0n) is 11.9. The predicted molar refractivity (Wildman–Crippen MR) is 78.7 cm³/mol. The zero-order chi connectivity index (χ0) is 15.0. The number of methoxy groups -OCH3 is 1. The maximum atomic E-state index is 12.8. The van der Waals surface area contributed by atoms with E-state index in [0.717, 1.165) is 24.4 Å². The quantitative estimate of drug-likeness (QED) is 0.632. The molecule has 0 atom stereocenters. The van der Waals surface area contributed by atoms with Gasteiger partial charge in [-0.25, -0.2) is 0 Å². The van der Waals surface area contributed by atoms with Crippen LogP contribution in [0.1, 0.15) is 28.8 Å². The molecule has 0 aliphatic carbocycles. The first kappa shape index (κ1) is 17.1. The molecule has 0 N–H and O–H groups in total. The van der Waals surface area contributed by atoms with Crippen molar-refractivity contribution in [3.63, 3.8) is 0 Å². The molecule has 1 fully saturated rings. The van der Waals surface area contributed by atoms with Gasteiger partial charge in [0.2, 0.25) is 0 Å². The molecular weight excluding hydrogens is 281 g/mol. The molecule has 112 valence electrons. The van der Waals surface area contributed by atoms with Crippen LogP contribution in [0.5, 0.6) is 0 Å². The highest BCUT2D eigenvalue weighted by atomic mass is 35.5. The van der Waals surface area contributed by atoms with Crippen LogP contribution in [0.15, 0.2) is 24.3 Å². The standard InChI is InChI=1S/C13H15ClFNO.C2H6O/c14-13(17)12-3-1-10(2-4-12)9-11-5-7-16(15)8-6-11;1-3-2/h1-4,11H,5-9H2;1-2H3. The monoisotopic (exact) mass is 301 g/mol. The van der Waals surface area contributed by atoms with Gasteiger partial charge in [0.15, 0.2) is 0 Å². The lowest BCUT2D eigenvalue weighted by molar-refractivity contribution is -0.00852. The molecule has 0 bridgehead atoms. The fourth-order valence-electron chi connectivity index (χ4n) is 2.21. The molecule has 0 unspecified atom stereocenters. The smallest absolute Gasteiger partial charge is 0.252 e. The van der Waals surface area contributed by atoms with Gasteiger partial charge in [-0.3, -0.25) is 4.79 Å². The second-order valence-electron chi connectivity index (χ2n) is 4.94. The van der Waals surface area contributed by atoms with Gasteiger partial charge >= 0.3 is 0 Å². The lowest BCUT2D eigenvalue weighted by Gasteiger charge is -2.25. The predicted octanol–water partition coefficient (Wildman–Crippen LogP) is 3.47. The molecule has 1 aromatic carbocycles. The summed E-state index contributed by atoms with van der Waals surface area (Å²) in [5.41, 5.74) is 1.71. The van der Waals surface area contributed by atoms with Crippen LogP contribution < -0.4 is 0 Å². The largest absolute Gasteiger partial charge is 0.388 e. The number of hydrogen-bond donors (Lipinski definition) is 0. The molecule has 5 heteroatoms. The van der Waals surface area contributed by atoms with Crippen molar-refractivity contribution in [2.75, 3.05) is 27.3 Å². The van der Waals surface area contributed by atoms with Crippen LogP contribution in [0.25, 0.3) is 0 Å². The Labute approximate surface area is 124 Å². The fourth-order valence-corrected chi connectivity index (χ4v) is 2.34. The van der Waals surface area contributed by atoms with Crippen molar-refractivity contribution in [3.05, 3.63) is 35.4 Å². The Hall–Kier alpha value is -0.970. The van der Waals surface area contributed by atoms with Gasteiger partial charge in [0.1, 0.15) is 0 Å². The minimum absolute atomic E-state index is 0.428. The second kappa shape index (κ2) is 9.06. The van der Waals surface area contributed by atoms with Gasteiger partial charge in [-0.15, -0.1) is 9.60 Å². The first-order chi connectivity index (χ1) is 9.56. The van der Waals surface area contributed by atoms with Gasteiger partial charge in [-0.2, -0.15) is 0 Å². The average molecular weight is 302 g/mol. The summed E-state index contributed by atoms with van der Waals surface area (Å²) in [5.74, 6) is 0.541. The van der Waals surface area contributed by atoms with E-state index in [1.165, 1.54) is 5.56 Å². The number of carbonyl (C=O) groups is 1. The van der Waals surface area contributed by atoms with E-state index >= 15 is 0 Å². The van der Waals surface area contributed by atoms with Gasteiger partial charge in [-0.1, -0.05) is 12.1 Å². The Kier molecular flexibility index (Phi) is 7.73. The van der Waals surface area contributed by atoms with E-state index in [4.69, 9.17) is 11.6 Å². The SMILES string of the molecule is COC.O=C(Cl)c1ccc(CC2CCN(F)CC2)cc1. The van der Waals surface area contributed by atoms with Crippen molar-refractivity contribution in [2.45, 2.75) is 19.3 Å². The van der Waals surface area contributed by atoms with Crippen LogP contribution in [-0.4, -0.2) is 37.7 Å². The van der Waals surface area contributed by atoms with Crippen molar-refractivity contribution in [1.29, 1.82) is 0 Å². The highest BCUT2D eigenvalue weighted by Crippen LogP contribution is 2.22. The number of hydrogen-bond acceptors (Lipinski definition) is 3. The molecule has 1 saturated heterocycles. The van der Waals surface area contributed by atoms with Gasteiger partial charge in [-0.05, 0) is 54.5 Å². The van der Waals surface area contributed by atoms with Crippen LogP contribution in [0, 0.1) is 5.92 Å². The van der Waals surface area contributed by atoms with Crippen LogP contribution in [0.3, 0.4) is 0 Å². The highest BCUT2D eigenvalue weighted by Gasteiger charge is 2.18. The molecule has 1 heterocycles. The molecule has 1 aromatic rings. The summed E-state index contributed by atoms with van der Waals surface area (Å²) in [6.45, 7) is 1.06. The van der Waals surface area contributed by atoms with Crippen molar-refractivity contribution in [3.8, 4) is 0 Å². The average Bonchev–Trinajstić information content (AvgIpc) is 2.43. The summed E-state index contributed by atoms with van der Waals surface area (Å²) >= 11 is 5.38. The lowest BCUT2D eigenvalue weighted by Crippen LogP contribution is -2.28. The van der Waals surface area contributed by atoms with Crippen molar-refractivity contribution < 1.29 is 14.0 Å². The van der Waals surface area contributed by atoms with Crippen LogP contribution >= 0.6 is 11.6 Å². The summed E-state index contributed by atoms with van der Waals surface area (Å²) in [4.78, 5) is 10.9. The Morgan fingerprint density at radius 3 is 2.25 bits per heavy atom. The number of rotatable bonds is 3. The van der Waals surface area contributed by atoms with Gasteiger partial charge in [0.25, 0.3) is 5.24 Å². The first-order valence-electron chi connectivity index (χ1n) is 6.66. The topological polar surface area (TPSA) is 29.5 Å². The molecular formula is C15H21ClFNO2. The third-order valence-electron chi connectivity index (χ3n) is 3.27. The number of benzene rings is 1. The zero-order valence-corrected chi connectivity index (χ0v) is 12.7. The minimum Gasteiger partial charge on any atom is -0.388 e. The van der Waals surface area contributed by atoms with E-state index < -0.39 is 5.24 Å². The first-order valence-corrected chi connectivity index (χ1v) is 7.04. The highest BCUT2D eigenvalue weighted by molar-refractivity contribution is 6.67. The number of piperidine rings is 1. The third kappa shape index (κ3) is 5.99. The molecule has 1 aliphatic heterocycles. The van der Waals surface area contributed by atoms with Crippen molar-refractivity contribution in [1.82, 2.24) is 5.12 Å². The molecule has 2 rings (SSSR count). The van der Waals surface area contributed by atoms with Gasteiger partial charge in [0, 0.05) is 32.9 Å². The summed E-state index contributed by atoms with van der Waals surface area (Å²) in [6, 6.07) is 7.35. The third-order valence-corrected chi connectivity index (χ3v) is 3.48. The molecule has 20 heavy (non-hydrogen) atoms. The molecule has 0 radical (unpaired) electrons. The number of nitrogens with zero attached hydrogens (tertiary/aromatic N) is 1. The molecule has 1 aliphatic rings. The number of halogens is 2.